The molecule has 0 atom stereocenters. The van der Waals surface area contributed by atoms with Crippen molar-refractivity contribution < 1.29 is 19.1 Å². The van der Waals surface area contributed by atoms with Crippen LogP contribution in [0.4, 0.5) is 0 Å². The Morgan fingerprint density at radius 3 is 2.61 bits per heavy atom. The van der Waals surface area contributed by atoms with E-state index in [4.69, 9.17) is 15.2 Å². The molecule has 2 rings (SSSR count). The molecule has 1 fully saturated rings. The molecule has 0 bridgehead atoms. The minimum Gasteiger partial charge on any atom is -0.490 e. The molecule has 0 radical (unpaired) electrons. The molecule has 0 unspecified atom stereocenters. The third-order valence-corrected chi connectivity index (χ3v) is 3.86. The molecule has 0 saturated heterocycles. The number of carbonyl (C=O) groups is 2. The molecule has 5 nitrogen and oxygen atoms in total. The SMILES string of the molecule is CCOc1cc(/C=C\C(N)=O)ccc1OC(=O)C1CCCCC1. The zero-order chi connectivity index (χ0) is 16.7. The summed E-state index contributed by atoms with van der Waals surface area (Å²) in [5.41, 5.74) is 5.84. The molecule has 1 saturated carbocycles. The molecule has 0 aromatic heterocycles. The van der Waals surface area contributed by atoms with E-state index < -0.39 is 5.91 Å². The van der Waals surface area contributed by atoms with Crippen LogP contribution in [0.2, 0.25) is 0 Å². The first-order chi connectivity index (χ1) is 11.1. The van der Waals surface area contributed by atoms with Crippen LogP contribution in [0, 0.1) is 5.92 Å². The lowest BCUT2D eigenvalue weighted by Crippen LogP contribution is -2.23. The van der Waals surface area contributed by atoms with E-state index in [0.717, 1.165) is 31.2 Å². The van der Waals surface area contributed by atoms with Crippen LogP contribution >= 0.6 is 0 Å². The Morgan fingerprint density at radius 1 is 1.22 bits per heavy atom. The second-order valence-electron chi connectivity index (χ2n) is 5.63. The van der Waals surface area contributed by atoms with Crippen molar-refractivity contribution in [3.8, 4) is 11.5 Å². The monoisotopic (exact) mass is 317 g/mol. The number of esters is 1. The molecule has 5 heteroatoms. The lowest BCUT2D eigenvalue weighted by atomic mass is 9.89. The van der Waals surface area contributed by atoms with Crippen LogP contribution in [0.25, 0.3) is 6.08 Å². The molecule has 124 valence electrons. The Hall–Kier alpha value is -2.30. The maximum Gasteiger partial charge on any atom is 0.314 e. The Kier molecular flexibility index (Phi) is 6.20. The maximum absolute atomic E-state index is 12.3. The zero-order valence-electron chi connectivity index (χ0n) is 13.4. The van der Waals surface area contributed by atoms with Gasteiger partial charge in [0.2, 0.25) is 5.91 Å². The average molecular weight is 317 g/mol. The van der Waals surface area contributed by atoms with Gasteiger partial charge in [0.05, 0.1) is 12.5 Å². The van der Waals surface area contributed by atoms with Crippen molar-refractivity contribution in [3.63, 3.8) is 0 Å². The fourth-order valence-electron chi connectivity index (χ4n) is 2.69. The summed E-state index contributed by atoms with van der Waals surface area (Å²) in [6.45, 7) is 2.32. The summed E-state index contributed by atoms with van der Waals surface area (Å²) in [6, 6.07) is 5.17. The number of benzene rings is 1. The summed E-state index contributed by atoms with van der Waals surface area (Å²) >= 11 is 0. The van der Waals surface area contributed by atoms with Crippen LogP contribution in [0.5, 0.6) is 11.5 Å². The number of primary amides is 1. The summed E-state index contributed by atoms with van der Waals surface area (Å²) in [7, 11) is 0. The van der Waals surface area contributed by atoms with Crippen molar-refractivity contribution in [1.29, 1.82) is 0 Å². The second kappa shape index (κ2) is 8.36. The Bertz CT molecular complexity index is 589. The van der Waals surface area contributed by atoms with E-state index in [0.29, 0.717) is 18.1 Å². The Balaban J connectivity index is 2.13. The van der Waals surface area contributed by atoms with Gasteiger partial charge in [-0.3, -0.25) is 9.59 Å². The molecule has 0 heterocycles. The number of hydrogen-bond acceptors (Lipinski definition) is 4. The molecule has 1 aliphatic carbocycles. The summed E-state index contributed by atoms with van der Waals surface area (Å²) in [5, 5.41) is 0. The fraction of sp³-hybridized carbons (Fsp3) is 0.444. The highest BCUT2D eigenvalue weighted by Gasteiger charge is 2.24. The number of hydrogen-bond donors (Lipinski definition) is 1. The summed E-state index contributed by atoms with van der Waals surface area (Å²) in [4.78, 5) is 23.1. The Morgan fingerprint density at radius 2 is 1.96 bits per heavy atom. The summed E-state index contributed by atoms with van der Waals surface area (Å²) in [6.07, 6.45) is 8.00. The third-order valence-electron chi connectivity index (χ3n) is 3.86. The van der Waals surface area contributed by atoms with Crippen molar-refractivity contribution in [1.82, 2.24) is 0 Å². The molecule has 2 N–H and O–H groups in total. The molecule has 0 aliphatic heterocycles. The molecule has 0 spiro atoms. The van der Waals surface area contributed by atoms with Gasteiger partial charge in [0, 0.05) is 6.08 Å². The molecule has 23 heavy (non-hydrogen) atoms. The number of carbonyl (C=O) groups excluding carboxylic acids is 2. The zero-order valence-corrected chi connectivity index (χ0v) is 13.4. The topological polar surface area (TPSA) is 78.6 Å². The third kappa shape index (κ3) is 5.13. The van der Waals surface area contributed by atoms with E-state index in [1.165, 1.54) is 12.5 Å². The smallest absolute Gasteiger partial charge is 0.314 e. The first-order valence-corrected chi connectivity index (χ1v) is 8.06. The normalized spacial score (nSPS) is 15.5. The van der Waals surface area contributed by atoms with E-state index >= 15 is 0 Å². The Labute approximate surface area is 136 Å². The maximum atomic E-state index is 12.3. The summed E-state index contributed by atoms with van der Waals surface area (Å²) in [5.74, 6) is 0.177. The van der Waals surface area contributed by atoms with Gasteiger partial charge in [-0.2, -0.15) is 0 Å². The van der Waals surface area contributed by atoms with Gasteiger partial charge in [-0.15, -0.1) is 0 Å². The van der Waals surface area contributed by atoms with Crippen molar-refractivity contribution >= 4 is 18.0 Å². The largest absolute Gasteiger partial charge is 0.490 e. The van der Waals surface area contributed by atoms with Crippen LogP contribution in [0.15, 0.2) is 24.3 Å². The number of amides is 1. The van der Waals surface area contributed by atoms with Gasteiger partial charge in [-0.1, -0.05) is 25.3 Å². The van der Waals surface area contributed by atoms with Gasteiger partial charge < -0.3 is 15.2 Å². The minimum atomic E-state index is -0.518. The quantitative estimate of drug-likeness (QED) is 0.497. The van der Waals surface area contributed by atoms with Gasteiger partial charge >= 0.3 is 5.97 Å². The lowest BCUT2D eigenvalue weighted by molar-refractivity contribution is -0.140. The number of ether oxygens (including phenoxy) is 2. The van der Waals surface area contributed by atoms with Gasteiger partial charge in [0.15, 0.2) is 11.5 Å². The highest BCUT2D eigenvalue weighted by molar-refractivity contribution is 5.90. The second-order valence-corrected chi connectivity index (χ2v) is 5.63. The summed E-state index contributed by atoms with van der Waals surface area (Å²) < 4.78 is 11.1. The van der Waals surface area contributed by atoms with Crippen molar-refractivity contribution in [2.45, 2.75) is 39.0 Å². The first kappa shape index (κ1) is 17.1. The van der Waals surface area contributed by atoms with Crippen LogP contribution in [-0.4, -0.2) is 18.5 Å². The van der Waals surface area contributed by atoms with Gasteiger partial charge in [0.25, 0.3) is 0 Å². The van der Waals surface area contributed by atoms with Crippen molar-refractivity contribution in [2.75, 3.05) is 6.61 Å². The minimum absolute atomic E-state index is 0.0207. The highest BCUT2D eigenvalue weighted by Crippen LogP contribution is 2.31. The van der Waals surface area contributed by atoms with Gasteiger partial charge in [0.1, 0.15) is 0 Å². The van der Waals surface area contributed by atoms with Crippen LogP contribution in [-0.2, 0) is 9.59 Å². The van der Waals surface area contributed by atoms with Crippen LogP contribution < -0.4 is 15.2 Å². The van der Waals surface area contributed by atoms with Crippen molar-refractivity contribution in [2.24, 2.45) is 11.7 Å². The molecular weight excluding hydrogens is 294 g/mol. The average Bonchev–Trinajstić information content (AvgIpc) is 2.56. The van der Waals surface area contributed by atoms with Crippen molar-refractivity contribution in [3.05, 3.63) is 29.8 Å². The van der Waals surface area contributed by atoms with E-state index in [2.05, 4.69) is 0 Å². The van der Waals surface area contributed by atoms with Gasteiger partial charge in [-0.05, 0) is 43.5 Å². The van der Waals surface area contributed by atoms with E-state index in [1.807, 2.05) is 6.92 Å². The van der Waals surface area contributed by atoms with Gasteiger partial charge in [-0.25, -0.2) is 0 Å². The molecule has 1 amide bonds. The lowest BCUT2D eigenvalue weighted by Gasteiger charge is -2.20. The van der Waals surface area contributed by atoms with E-state index in [-0.39, 0.29) is 11.9 Å². The fourth-order valence-corrected chi connectivity index (χ4v) is 2.69. The highest BCUT2D eigenvalue weighted by atomic mass is 16.6. The molecular formula is C18H23NO4. The molecule has 1 aromatic carbocycles. The number of nitrogens with two attached hydrogens (primary N) is 1. The number of rotatable bonds is 6. The van der Waals surface area contributed by atoms with E-state index in [1.54, 1.807) is 24.3 Å². The predicted octanol–water partition coefficient (Wildman–Crippen LogP) is 3.07. The van der Waals surface area contributed by atoms with E-state index in [9.17, 15) is 9.59 Å². The van der Waals surface area contributed by atoms with Crippen LogP contribution in [0.3, 0.4) is 0 Å². The molecule has 1 aliphatic rings. The van der Waals surface area contributed by atoms with Crippen LogP contribution in [0.1, 0.15) is 44.6 Å². The molecule has 1 aromatic rings. The first-order valence-electron chi connectivity index (χ1n) is 8.06. The standard InChI is InChI=1S/C18H23NO4/c1-2-22-16-12-13(9-11-17(19)20)8-10-15(16)23-18(21)14-6-4-3-5-7-14/h8-12,14H,2-7H2,1H3,(H2,19,20)/b11-9-. The predicted molar refractivity (Wildman–Crippen MR) is 88.0 cm³/mol.